The molecule has 0 unspecified atom stereocenters. The number of carbonyl (C=O) groups is 1. The summed E-state index contributed by atoms with van der Waals surface area (Å²) in [5.74, 6) is 0.107. The van der Waals surface area contributed by atoms with Gasteiger partial charge in [0.15, 0.2) is 0 Å². The van der Waals surface area contributed by atoms with Gasteiger partial charge < -0.3 is 4.90 Å². The molecule has 0 aliphatic carbocycles. The minimum Gasteiger partial charge on any atom is -0.339 e. The number of hydrogen-bond acceptors (Lipinski definition) is 1. The van der Waals surface area contributed by atoms with E-state index in [1.165, 1.54) is 6.42 Å². The van der Waals surface area contributed by atoms with Gasteiger partial charge in [0.25, 0.3) is 5.91 Å². The standard InChI is InChI=1S/C15H19BrClNO/c1-15(2)6-3-8-18(9-7-15)14(19)11-4-5-13(17)12(16)10-11/h4-5,10H,3,6-9H2,1-2H3. The van der Waals surface area contributed by atoms with Crippen LogP contribution in [0.4, 0.5) is 0 Å². The average Bonchev–Trinajstić information content (AvgIpc) is 2.53. The van der Waals surface area contributed by atoms with Crippen molar-refractivity contribution in [2.75, 3.05) is 13.1 Å². The van der Waals surface area contributed by atoms with Crippen molar-refractivity contribution in [1.29, 1.82) is 0 Å². The molecule has 0 aromatic heterocycles. The van der Waals surface area contributed by atoms with Crippen LogP contribution in [0, 0.1) is 5.41 Å². The minimum atomic E-state index is 0.107. The summed E-state index contributed by atoms with van der Waals surface area (Å²) in [4.78, 5) is 14.5. The van der Waals surface area contributed by atoms with E-state index in [1.54, 1.807) is 18.2 Å². The Morgan fingerprint density at radius 2 is 2.05 bits per heavy atom. The van der Waals surface area contributed by atoms with Gasteiger partial charge in [-0.2, -0.15) is 0 Å². The first kappa shape index (κ1) is 14.9. The predicted octanol–water partition coefficient (Wildman–Crippen LogP) is 4.75. The van der Waals surface area contributed by atoms with Gasteiger partial charge in [0.2, 0.25) is 0 Å². The van der Waals surface area contributed by atoms with Crippen LogP contribution < -0.4 is 0 Å². The highest BCUT2D eigenvalue weighted by atomic mass is 79.9. The second-order valence-electron chi connectivity index (χ2n) is 5.94. The van der Waals surface area contributed by atoms with Crippen molar-refractivity contribution in [3.8, 4) is 0 Å². The maximum atomic E-state index is 12.5. The molecule has 1 aliphatic rings. The number of nitrogens with zero attached hydrogens (tertiary/aromatic N) is 1. The highest BCUT2D eigenvalue weighted by molar-refractivity contribution is 9.10. The van der Waals surface area contributed by atoms with Crippen LogP contribution in [0.2, 0.25) is 5.02 Å². The van der Waals surface area contributed by atoms with E-state index in [0.29, 0.717) is 16.0 Å². The third-order valence-electron chi connectivity index (χ3n) is 3.79. The van der Waals surface area contributed by atoms with Gasteiger partial charge >= 0.3 is 0 Å². The normalized spacial score (nSPS) is 19.1. The van der Waals surface area contributed by atoms with Gasteiger partial charge in [0, 0.05) is 23.1 Å². The zero-order valence-corrected chi connectivity index (χ0v) is 13.7. The summed E-state index contributed by atoms with van der Waals surface area (Å²) in [6, 6.07) is 5.37. The lowest BCUT2D eigenvalue weighted by molar-refractivity contribution is 0.0757. The predicted molar refractivity (Wildman–Crippen MR) is 82.7 cm³/mol. The highest BCUT2D eigenvalue weighted by Gasteiger charge is 2.26. The van der Waals surface area contributed by atoms with Crippen molar-refractivity contribution >= 4 is 33.4 Å². The molecule has 0 bridgehead atoms. The van der Waals surface area contributed by atoms with E-state index < -0.39 is 0 Å². The zero-order chi connectivity index (χ0) is 14.0. The molecule has 2 nitrogen and oxygen atoms in total. The van der Waals surface area contributed by atoms with E-state index in [0.717, 1.165) is 30.4 Å². The second-order valence-corrected chi connectivity index (χ2v) is 7.20. The number of benzene rings is 1. The third-order valence-corrected chi connectivity index (χ3v) is 5.01. The van der Waals surface area contributed by atoms with E-state index in [9.17, 15) is 4.79 Å². The fraction of sp³-hybridized carbons (Fsp3) is 0.533. The van der Waals surface area contributed by atoms with Crippen molar-refractivity contribution in [2.24, 2.45) is 5.41 Å². The molecule has 1 aromatic rings. The van der Waals surface area contributed by atoms with Crippen molar-refractivity contribution in [3.05, 3.63) is 33.3 Å². The van der Waals surface area contributed by atoms with Gasteiger partial charge in [-0.05, 0) is 58.8 Å². The minimum absolute atomic E-state index is 0.107. The molecule has 1 saturated heterocycles. The van der Waals surface area contributed by atoms with E-state index >= 15 is 0 Å². The average molecular weight is 345 g/mol. The molecule has 0 saturated carbocycles. The molecule has 2 rings (SSSR count). The Balaban J connectivity index is 2.13. The van der Waals surface area contributed by atoms with Gasteiger partial charge in [-0.3, -0.25) is 4.79 Å². The molecular formula is C15H19BrClNO. The molecule has 1 aliphatic heterocycles. The first-order valence-corrected chi connectivity index (χ1v) is 7.80. The van der Waals surface area contributed by atoms with Crippen LogP contribution in [0.5, 0.6) is 0 Å². The summed E-state index contributed by atoms with van der Waals surface area (Å²) >= 11 is 9.33. The fourth-order valence-electron chi connectivity index (χ4n) is 2.44. The number of amides is 1. The number of carbonyl (C=O) groups excluding carboxylic acids is 1. The number of halogens is 2. The van der Waals surface area contributed by atoms with Gasteiger partial charge in [0.1, 0.15) is 0 Å². The van der Waals surface area contributed by atoms with Gasteiger partial charge in [0.05, 0.1) is 5.02 Å². The van der Waals surface area contributed by atoms with Crippen molar-refractivity contribution < 1.29 is 4.79 Å². The summed E-state index contributed by atoms with van der Waals surface area (Å²) in [7, 11) is 0. The summed E-state index contributed by atoms with van der Waals surface area (Å²) in [5, 5.41) is 0.633. The second kappa shape index (κ2) is 5.84. The molecule has 1 fully saturated rings. The molecule has 1 aromatic carbocycles. The van der Waals surface area contributed by atoms with Crippen LogP contribution in [0.3, 0.4) is 0 Å². The first-order valence-electron chi connectivity index (χ1n) is 6.63. The lowest BCUT2D eigenvalue weighted by atomic mass is 9.85. The third kappa shape index (κ3) is 3.73. The van der Waals surface area contributed by atoms with Crippen molar-refractivity contribution in [2.45, 2.75) is 33.1 Å². The molecule has 104 valence electrons. The van der Waals surface area contributed by atoms with E-state index in [-0.39, 0.29) is 5.91 Å². The zero-order valence-electron chi connectivity index (χ0n) is 11.4. The van der Waals surface area contributed by atoms with Crippen LogP contribution in [0.15, 0.2) is 22.7 Å². The summed E-state index contributed by atoms with van der Waals surface area (Å²) in [5.41, 5.74) is 1.05. The Labute approximate surface area is 128 Å². The molecule has 0 spiro atoms. The number of hydrogen-bond donors (Lipinski definition) is 0. The molecule has 0 atom stereocenters. The lowest BCUT2D eigenvalue weighted by Gasteiger charge is -2.23. The summed E-state index contributed by atoms with van der Waals surface area (Å²) in [6.45, 7) is 6.24. The van der Waals surface area contributed by atoms with Gasteiger partial charge in [-0.15, -0.1) is 0 Å². The molecule has 0 N–H and O–H groups in total. The molecule has 1 heterocycles. The molecular weight excluding hydrogens is 326 g/mol. The monoisotopic (exact) mass is 343 g/mol. The van der Waals surface area contributed by atoms with Crippen LogP contribution in [-0.4, -0.2) is 23.9 Å². The summed E-state index contributed by atoms with van der Waals surface area (Å²) in [6.07, 6.45) is 3.32. The van der Waals surface area contributed by atoms with Crippen molar-refractivity contribution in [3.63, 3.8) is 0 Å². The molecule has 0 radical (unpaired) electrons. The highest BCUT2D eigenvalue weighted by Crippen LogP contribution is 2.30. The fourth-order valence-corrected chi connectivity index (χ4v) is 2.93. The van der Waals surface area contributed by atoms with Gasteiger partial charge in [-0.1, -0.05) is 25.4 Å². The van der Waals surface area contributed by atoms with E-state index in [2.05, 4.69) is 29.8 Å². The van der Waals surface area contributed by atoms with Crippen molar-refractivity contribution in [1.82, 2.24) is 4.90 Å². The van der Waals surface area contributed by atoms with E-state index in [4.69, 9.17) is 11.6 Å². The van der Waals surface area contributed by atoms with E-state index in [1.807, 2.05) is 4.90 Å². The van der Waals surface area contributed by atoms with Crippen LogP contribution >= 0.6 is 27.5 Å². The molecule has 4 heteroatoms. The Hall–Kier alpha value is -0.540. The maximum Gasteiger partial charge on any atom is 0.253 e. The quantitative estimate of drug-likeness (QED) is 0.719. The van der Waals surface area contributed by atoms with Crippen LogP contribution in [-0.2, 0) is 0 Å². The van der Waals surface area contributed by atoms with Gasteiger partial charge in [-0.25, -0.2) is 0 Å². The Morgan fingerprint density at radius 1 is 1.32 bits per heavy atom. The lowest BCUT2D eigenvalue weighted by Crippen LogP contribution is -2.32. The Bertz CT molecular complexity index is 487. The SMILES string of the molecule is CC1(C)CCCN(C(=O)c2ccc(Cl)c(Br)c2)CC1. The van der Waals surface area contributed by atoms with Crippen LogP contribution in [0.25, 0.3) is 0 Å². The van der Waals surface area contributed by atoms with Crippen LogP contribution in [0.1, 0.15) is 43.5 Å². The largest absolute Gasteiger partial charge is 0.339 e. The number of rotatable bonds is 1. The Morgan fingerprint density at radius 3 is 2.74 bits per heavy atom. The summed E-state index contributed by atoms with van der Waals surface area (Å²) < 4.78 is 0.773. The smallest absolute Gasteiger partial charge is 0.253 e. The Kier molecular flexibility index (Phi) is 4.57. The number of likely N-dealkylation sites (tertiary alicyclic amines) is 1. The maximum absolute atomic E-state index is 12.5. The molecule has 19 heavy (non-hydrogen) atoms. The molecule has 1 amide bonds. The topological polar surface area (TPSA) is 20.3 Å². The first-order chi connectivity index (χ1) is 8.89.